The number of primary amides is 1. The van der Waals surface area contributed by atoms with Crippen molar-refractivity contribution in [1.82, 2.24) is 4.90 Å². The topological polar surface area (TPSA) is 76.5 Å². The summed E-state index contributed by atoms with van der Waals surface area (Å²) in [5, 5.41) is 1.43. The minimum atomic E-state index is -0.363. The molecule has 5 nitrogen and oxygen atoms in total. The van der Waals surface area contributed by atoms with Crippen LogP contribution in [0.4, 0.5) is 0 Å². The third-order valence-corrected chi connectivity index (χ3v) is 4.21. The fourth-order valence-electron chi connectivity index (χ4n) is 2.72. The van der Waals surface area contributed by atoms with Crippen molar-refractivity contribution >= 4 is 34.4 Å². The van der Waals surface area contributed by atoms with Crippen molar-refractivity contribution in [2.45, 2.75) is 13.3 Å². The van der Waals surface area contributed by atoms with Crippen molar-refractivity contribution in [2.24, 2.45) is 11.7 Å². The number of carbonyl (C=O) groups is 2. The number of furan rings is 1. The zero-order valence-electron chi connectivity index (χ0n) is 11.6. The van der Waals surface area contributed by atoms with Crippen LogP contribution in [-0.4, -0.2) is 29.8 Å². The number of hydrogen-bond donors (Lipinski definition) is 1. The van der Waals surface area contributed by atoms with E-state index in [9.17, 15) is 9.59 Å². The van der Waals surface area contributed by atoms with Crippen LogP contribution in [0.15, 0.2) is 22.6 Å². The predicted octanol–water partition coefficient (Wildman–Crippen LogP) is 2.34. The van der Waals surface area contributed by atoms with Gasteiger partial charge < -0.3 is 15.1 Å². The molecule has 1 aromatic carbocycles. The molecule has 1 saturated heterocycles. The molecule has 0 spiro atoms. The Balaban J connectivity index is 1.92. The first-order valence-corrected chi connectivity index (χ1v) is 7.12. The van der Waals surface area contributed by atoms with E-state index < -0.39 is 0 Å². The van der Waals surface area contributed by atoms with Crippen molar-refractivity contribution in [1.29, 1.82) is 0 Å². The van der Waals surface area contributed by atoms with E-state index in [1.54, 1.807) is 23.1 Å². The first kappa shape index (κ1) is 13.9. The number of fused-ring (bicyclic) bond motifs is 1. The second kappa shape index (κ2) is 5.07. The number of halogens is 1. The number of nitrogens with zero attached hydrogens (tertiary/aromatic N) is 1. The minimum absolute atomic E-state index is 0.205. The fraction of sp³-hybridized carbons (Fsp3) is 0.333. The number of amides is 2. The van der Waals surface area contributed by atoms with Gasteiger partial charge in [0, 0.05) is 29.1 Å². The fourth-order valence-corrected chi connectivity index (χ4v) is 2.89. The zero-order chi connectivity index (χ0) is 15.1. The van der Waals surface area contributed by atoms with Gasteiger partial charge >= 0.3 is 0 Å². The summed E-state index contributed by atoms with van der Waals surface area (Å²) in [6, 6.07) is 5.25. The predicted molar refractivity (Wildman–Crippen MR) is 79.2 cm³/mol. The minimum Gasteiger partial charge on any atom is -0.451 e. The van der Waals surface area contributed by atoms with Gasteiger partial charge in [-0.2, -0.15) is 0 Å². The Hall–Kier alpha value is -2.01. The van der Waals surface area contributed by atoms with Gasteiger partial charge in [0.15, 0.2) is 5.76 Å². The lowest BCUT2D eigenvalue weighted by atomic mass is 10.1. The Morgan fingerprint density at radius 3 is 2.86 bits per heavy atom. The summed E-state index contributed by atoms with van der Waals surface area (Å²) in [7, 11) is 0. The molecule has 2 amide bonds. The number of rotatable bonds is 2. The normalized spacial score (nSPS) is 18.4. The molecule has 3 rings (SSSR count). The van der Waals surface area contributed by atoms with E-state index in [4.69, 9.17) is 21.8 Å². The van der Waals surface area contributed by atoms with E-state index >= 15 is 0 Å². The molecular weight excluding hydrogens is 292 g/mol. The van der Waals surface area contributed by atoms with Crippen molar-refractivity contribution in [3.05, 3.63) is 34.5 Å². The second-order valence-electron chi connectivity index (χ2n) is 5.34. The molecule has 0 radical (unpaired) electrons. The summed E-state index contributed by atoms with van der Waals surface area (Å²) in [5.41, 5.74) is 6.69. The van der Waals surface area contributed by atoms with E-state index in [1.165, 1.54) is 0 Å². The van der Waals surface area contributed by atoms with Crippen molar-refractivity contribution in [2.75, 3.05) is 13.1 Å². The molecule has 0 bridgehead atoms. The first-order valence-electron chi connectivity index (χ1n) is 6.74. The molecule has 21 heavy (non-hydrogen) atoms. The molecule has 2 aromatic rings. The molecule has 0 aliphatic carbocycles. The highest BCUT2D eigenvalue weighted by atomic mass is 35.5. The summed E-state index contributed by atoms with van der Waals surface area (Å²) in [5.74, 6) is -0.535. The highest BCUT2D eigenvalue weighted by Gasteiger charge is 2.32. The zero-order valence-corrected chi connectivity index (χ0v) is 12.3. The largest absolute Gasteiger partial charge is 0.451 e. The summed E-state index contributed by atoms with van der Waals surface area (Å²) in [4.78, 5) is 25.3. The number of hydrogen-bond acceptors (Lipinski definition) is 3. The molecule has 1 unspecified atom stereocenters. The molecule has 1 aliphatic heterocycles. The van der Waals surface area contributed by atoms with Gasteiger partial charge in [-0.25, -0.2) is 0 Å². The van der Waals surface area contributed by atoms with Crippen LogP contribution in [-0.2, 0) is 4.79 Å². The number of benzene rings is 1. The van der Waals surface area contributed by atoms with Gasteiger partial charge in [-0.15, -0.1) is 0 Å². The average Bonchev–Trinajstić information content (AvgIpc) is 3.04. The molecule has 2 N–H and O–H groups in total. The summed E-state index contributed by atoms with van der Waals surface area (Å²) >= 11 is 5.97. The lowest BCUT2D eigenvalue weighted by Crippen LogP contribution is -2.31. The van der Waals surface area contributed by atoms with Gasteiger partial charge in [0.25, 0.3) is 5.91 Å². The Morgan fingerprint density at radius 1 is 1.43 bits per heavy atom. The van der Waals surface area contributed by atoms with Gasteiger partial charge in [0.05, 0.1) is 5.92 Å². The standard InChI is InChI=1S/C15H15ClN2O3/c1-8-11-6-10(16)2-3-12(11)21-13(8)15(20)18-5-4-9(7-18)14(17)19/h2-3,6,9H,4-5,7H2,1H3,(H2,17,19). The SMILES string of the molecule is Cc1c(C(=O)N2CCC(C(N)=O)C2)oc2ccc(Cl)cc12. The summed E-state index contributed by atoms with van der Waals surface area (Å²) < 4.78 is 5.66. The Labute approximate surface area is 126 Å². The molecule has 6 heteroatoms. The maximum atomic E-state index is 12.5. The van der Waals surface area contributed by atoms with Crippen LogP contribution in [0.25, 0.3) is 11.0 Å². The lowest BCUT2D eigenvalue weighted by molar-refractivity contribution is -0.121. The second-order valence-corrected chi connectivity index (χ2v) is 5.77. The van der Waals surface area contributed by atoms with Crippen molar-refractivity contribution in [3.8, 4) is 0 Å². The van der Waals surface area contributed by atoms with Gasteiger partial charge in [0.2, 0.25) is 5.91 Å². The average molecular weight is 307 g/mol. The van der Waals surface area contributed by atoms with Gasteiger partial charge in [-0.3, -0.25) is 9.59 Å². The van der Waals surface area contributed by atoms with Crippen LogP contribution in [0.2, 0.25) is 5.02 Å². The lowest BCUT2D eigenvalue weighted by Gasteiger charge is -2.14. The monoisotopic (exact) mass is 306 g/mol. The van der Waals surface area contributed by atoms with Crippen LogP contribution in [0, 0.1) is 12.8 Å². The number of nitrogens with two attached hydrogens (primary N) is 1. The molecule has 1 aliphatic rings. The van der Waals surface area contributed by atoms with Gasteiger partial charge in [0.1, 0.15) is 5.58 Å². The number of likely N-dealkylation sites (tertiary alicyclic amines) is 1. The van der Waals surface area contributed by atoms with E-state index in [0.717, 1.165) is 10.9 Å². The molecule has 0 saturated carbocycles. The first-order chi connectivity index (χ1) is 9.97. The molecule has 1 fully saturated rings. The molecule has 110 valence electrons. The molecule has 1 atom stereocenters. The Morgan fingerprint density at radius 2 is 2.19 bits per heavy atom. The Kier molecular flexibility index (Phi) is 3.37. The smallest absolute Gasteiger partial charge is 0.289 e. The van der Waals surface area contributed by atoms with Crippen LogP contribution < -0.4 is 5.73 Å². The molecule has 1 aromatic heterocycles. The molecular formula is C15H15ClN2O3. The van der Waals surface area contributed by atoms with Gasteiger partial charge in [-0.05, 0) is 31.5 Å². The van der Waals surface area contributed by atoms with Crippen LogP contribution in [0.1, 0.15) is 22.5 Å². The van der Waals surface area contributed by atoms with Crippen LogP contribution in [0.5, 0.6) is 0 Å². The highest BCUT2D eigenvalue weighted by Crippen LogP contribution is 2.29. The maximum Gasteiger partial charge on any atom is 0.289 e. The van der Waals surface area contributed by atoms with Gasteiger partial charge in [-0.1, -0.05) is 11.6 Å². The Bertz CT molecular complexity index is 738. The maximum absolute atomic E-state index is 12.5. The molecule has 2 heterocycles. The quantitative estimate of drug-likeness (QED) is 0.925. The highest BCUT2D eigenvalue weighted by molar-refractivity contribution is 6.31. The van der Waals surface area contributed by atoms with Crippen molar-refractivity contribution in [3.63, 3.8) is 0 Å². The summed E-state index contributed by atoms with van der Waals surface area (Å²) in [6.45, 7) is 2.70. The van der Waals surface area contributed by atoms with E-state index in [0.29, 0.717) is 35.9 Å². The van der Waals surface area contributed by atoms with Crippen molar-refractivity contribution < 1.29 is 14.0 Å². The summed E-state index contributed by atoms with van der Waals surface area (Å²) in [6.07, 6.45) is 0.603. The third kappa shape index (κ3) is 2.38. The van der Waals surface area contributed by atoms with E-state index in [-0.39, 0.29) is 17.7 Å². The van der Waals surface area contributed by atoms with E-state index in [2.05, 4.69) is 0 Å². The van der Waals surface area contributed by atoms with Crippen LogP contribution in [0.3, 0.4) is 0 Å². The number of carbonyl (C=O) groups excluding carboxylic acids is 2. The third-order valence-electron chi connectivity index (χ3n) is 3.97. The number of aryl methyl sites for hydroxylation is 1. The van der Waals surface area contributed by atoms with E-state index in [1.807, 2.05) is 6.92 Å². The van der Waals surface area contributed by atoms with Crippen LogP contribution >= 0.6 is 11.6 Å².